The number of ether oxygens (including phenoxy) is 1. The molecule has 2 fully saturated rings. The Morgan fingerprint density at radius 1 is 1.09 bits per heavy atom. The molecule has 174 valence electrons. The van der Waals surface area contributed by atoms with Crippen molar-refractivity contribution in [3.05, 3.63) is 69.7 Å². The summed E-state index contributed by atoms with van der Waals surface area (Å²) >= 11 is 12.0. The lowest BCUT2D eigenvalue weighted by Crippen LogP contribution is -2.33. The number of carbonyl (C=O) groups is 4. The maximum absolute atomic E-state index is 13.1. The highest BCUT2D eigenvalue weighted by Gasteiger charge is 2.60. The van der Waals surface area contributed by atoms with Crippen LogP contribution in [0.5, 0.6) is 0 Å². The molecule has 1 saturated heterocycles. The Morgan fingerprint density at radius 2 is 1.82 bits per heavy atom. The van der Waals surface area contributed by atoms with Gasteiger partial charge in [-0.3, -0.25) is 14.4 Å². The molecule has 0 unspecified atom stereocenters. The van der Waals surface area contributed by atoms with Gasteiger partial charge in [0, 0.05) is 0 Å². The average Bonchev–Trinajstić information content (AvgIpc) is 3.45. The van der Waals surface area contributed by atoms with Crippen LogP contribution in [0.25, 0.3) is 0 Å². The van der Waals surface area contributed by atoms with Gasteiger partial charge in [0.1, 0.15) is 0 Å². The Bertz CT molecular complexity index is 1270. The molecule has 2 aromatic rings. The Kier molecular flexibility index (Phi) is 5.70. The van der Waals surface area contributed by atoms with Crippen molar-refractivity contribution in [1.82, 2.24) is 0 Å². The minimum absolute atomic E-state index is 0.0936. The predicted octanol–water partition coefficient (Wildman–Crippen LogP) is 4.49. The number of carbonyl (C=O) groups excluding carboxylic acids is 4. The van der Waals surface area contributed by atoms with Crippen molar-refractivity contribution >= 4 is 58.3 Å². The van der Waals surface area contributed by atoms with E-state index in [0.717, 1.165) is 6.42 Å². The minimum Gasteiger partial charge on any atom is -0.452 e. The number of hydrogen-bond acceptors (Lipinski definition) is 5. The number of fused-ring (bicyclic) bond motifs is 5. The number of allylic oxidation sites excluding steroid dienone is 2. The zero-order valence-corrected chi connectivity index (χ0v) is 19.6. The molecule has 1 heterocycles. The van der Waals surface area contributed by atoms with Gasteiger partial charge >= 0.3 is 5.97 Å². The van der Waals surface area contributed by atoms with Crippen molar-refractivity contribution in [2.45, 2.75) is 13.3 Å². The van der Waals surface area contributed by atoms with Crippen LogP contribution in [-0.2, 0) is 19.1 Å². The number of nitrogens with zero attached hydrogens (tertiary/aromatic N) is 1. The molecule has 0 aromatic heterocycles. The lowest BCUT2D eigenvalue weighted by Gasteiger charge is -2.19. The summed E-state index contributed by atoms with van der Waals surface area (Å²) in [6.45, 7) is 1.46. The van der Waals surface area contributed by atoms with Crippen molar-refractivity contribution < 1.29 is 23.9 Å². The fourth-order valence-electron chi connectivity index (χ4n) is 5.30. The summed E-state index contributed by atoms with van der Waals surface area (Å²) in [5.74, 6) is -2.27. The summed E-state index contributed by atoms with van der Waals surface area (Å²) in [5.41, 5.74) is 1.92. The summed E-state index contributed by atoms with van der Waals surface area (Å²) in [6, 6.07) is 10.9. The number of imide groups is 1. The summed E-state index contributed by atoms with van der Waals surface area (Å²) in [5, 5.41) is 2.99. The van der Waals surface area contributed by atoms with E-state index in [1.165, 1.54) is 22.6 Å². The van der Waals surface area contributed by atoms with E-state index in [1.54, 1.807) is 30.3 Å². The molecule has 2 aliphatic carbocycles. The number of amides is 3. The first-order valence-electron chi connectivity index (χ1n) is 10.8. The minimum atomic E-state index is -0.758. The van der Waals surface area contributed by atoms with Crippen LogP contribution in [0, 0.1) is 23.7 Å². The van der Waals surface area contributed by atoms with Crippen LogP contribution in [0.1, 0.15) is 23.7 Å². The van der Waals surface area contributed by atoms with E-state index < -0.39 is 18.5 Å². The van der Waals surface area contributed by atoms with Crippen molar-refractivity contribution in [2.75, 3.05) is 16.8 Å². The largest absolute Gasteiger partial charge is 0.452 e. The van der Waals surface area contributed by atoms with Crippen LogP contribution in [0.15, 0.2) is 54.1 Å². The number of rotatable bonds is 5. The molecule has 0 radical (unpaired) electrons. The number of anilines is 2. The molecule has 34 heavy (non-hydrogen) atoms. The second-order valence-electron chi connectivity index (χ2n) is 8.76. The standard InChI is InChI=1S/C25H20Cl2N2O5/c1-12-8-14-10-16(12)21-20(14)23(31)29(24(21)32)15-5-2-4-13(9-15)25(33)34-11-19(30)28-18-7-3-6-17(26)22(18)27/h2-9,14,16,20-21H,10-11H2,1H3,(H,28,30)/t14-,16+,20+,21-/m0/s1. The molecule has 1 aliphatic heterocycles. The third-order valence-electron chi connectivity index (χ3n) is 6.78. The first kappa shape index (κ1) is 22.6. The number of nitrogens with one attached hydrogen (secondary N) is 1. The predicted molar refractivity (Wildman–Crippen MR) is 127 cm³/mol. The zero-order valence-electron chi connectivity index (χ0n) is 18.1. The normalized spacial score (nSPS) is 24.8. The fourth-order valence-corrected chi connectivity index (χ4v) is 5.65. The Morgan fingerprint density at radius 3 is 2.62 bits per heavy atom. The molecule has 2 bridgehead atoms. The van der Waals surface area contributed by atoms with Gasteiger partial charge in [-0.15, -0.1) is 0 Å². The molecular formula is C25H20Cl2N2O5. The van der Waals surface area contributed by atoms with Crippen LogP contribution in [0.3, 0.4) is 0 Å². The molecule has 4 atom stereocenters. The van der Waals surface area contributed by atoms with Gasteiger partial charge < -0.3 is 10.1 Å². The second-order valence-corrected chi connectivity index (χ2v) is 9.54. The first-order valence-corrected chi connectivity index (χ1v) is 11.6. The number of hydrogen-bond donors (Lipinski definition) is 1. The first-order chi connectivity index (χ1) is 16.3. The lowest BCUT2D eigenvalue weighted by molar-refractivity contribution is -0.123. The SMILES string of the molecule is CC1=C[C@H]2C[C@H]1[C@@H]1C(=O)N(c3cccc(C(=O)OCC(=O)Nc4cccc(Cl)c4Cl)c3)C(=O)[C@@H]12. The smallest absolute Gasteiger partial charge is 0.338 e. The van der Waals surface area contributed by atoms with E-state index in [1.807, 2.05) is 6.92 Å². The molecule has 9 heteroatoms. The maximum Gasteiger partial charge on any atom is 0.338 e. The van der Waals surface area contributed by atoms with Gasteiger partial charge in [-0.1, -0.05) is 47.0 Å². The molecule has 2 aromatic carbocycles. The molecule has 1 saturated carbocycles. The van der Waals surface area contributed by atoms with Gasteiger partial charge in [-0.25, -0.2) is 9.69 Å². The molecular weight excluding hydrogens is 479 g/mol. The molecule has 3 aliphatic rings. The summed E-state index contributed by atoms with van der Waals surface area (Å²) in [4.78, 5) is 52.2. The van der Waals surface area contributed by atoms with Gasteiger partial charge in [0.25, 0.3) is 5.91 Å². The van der Waals surface area contributed by atoms with Gasteiger partial charge in [-0.05, 0) is 55.5 Å². The highest BCUT2D eigenvalue weighted by atomic mass is 35.5. The Labute approximate surface area is 205 Å². The quantitative estimate of drug-likeness (QED) is 0.372. The molecule has 3 amide bonds. The zero-order chi connectivity index (χ0) is 24.1. The summed E-state index contributed by atoms with van der Waals surface area (Å²) < 4.78 is 5.11. The summed E-state index contributed by atoms with van der Waals surface area (Å²) in [7, 11) is 0. The molecule has 7 nitrogen and oxygen atoms in total. The van der Waals surface area contributed by atoms with Gasteiger partial charge in [-0.2, -0.15) is 0 Å². The molecule has 1 N–H and O–H groups in total. The van der Waals surface area contributed by atoms with Crippen LogP contribution in [0.2, 0.25) is 10.0 Å². The maximum atomic E-state index is 13.1. The lowest BCUT2D eigenvalue weighted by atomic mass is 9.82. The highest BCUT2D eigenvalue weighted by molar-refractivity contribution is 6.44. The van der Waals surface area contributed by atoms with E-state index in [-0.39, 0.29) is 51.1 Å². The average molecular weight is 499 g/mol. The van der Waals surface area contributed by atoms with Crippen LogP contribution in [-0.4, -0.2) is 30.3 Å². The van der Waals surface area contributed by atoms with E-state index in [0.29, 0.717) is 11.4 Å². The number of benzene rings is 2. The van der Waals surface area contributed by atoms with Crippen molar-refractivity contribution in [3.8, 4) is 0 Å². The highest BCUT2D eigenvalue weighted by Crippen LogP contribution is 2.55. The fraction of sp³-hybridized carbons (Fsp3) is 0.280. The third-order valence-corrected chi connectivity index (χ3v) is 7.60. The summed E-state index contributed by atoms with van der Waals surface area (Å²) in [6.07, 6.45) is 2.96. The van der Waals surface area contributed by atoms with Gasteiger partial charge in [0.05, 0.1) is 38.8 Å². The molecule has 0 spiro atoms. The van der Waals surface area contributed by atoms with Gasteiger partial charge in [0.2, 0.25) is 11.8 Å². The van der Waals surface area contributed by atoms with E-state index in [2.05, 4.69) is 11.4 Å². The van der Waals surface area contributed by atoms with Crippen LogP contribution >= 0.6 is 23.2 Å². The topological polar surface area (TPSA) is 92.8 Å². The number of halogens is 2. The van der Waals surface area contributed by atoms with Gasteiger partial charge in [0.15, 0.2) is 6.61 Å². The van der Waals surface area contributed by atoms with Crippen LogP contribution < -0.4 is 10.2 Å². The molecule has 5 rings (SSSR count). The van der Waals surface area contributed by atoms with E-state index >= 15 is 0 Å². The Balaban J connectivity index is 1.26. The van der Waals surface area contributed by atoms with E-state index in [4.69, 9.17) is 27.9 Å². The van der Waals surface area contributed by atoms with Crippen molar-refractivity contribution in [1.29, 1.82) is 0 Å². The van der Waals surface area contributed by atoms with E-state index in [9.17, 15) is 19.2 Å². The monoisotopic (exact) mass is 498 g/mol. The third kappa shape index (κ3) is 3.69. The van der Waals surface area contributed by atoms with Crippen LogP contribution in [0.4, 0.5) is 11.4 Å². The number of esters is 1. The second kappa shape index (κ2) is 8.56. The van der Waals surface area contributed by atoms with Crippen molar-refractivity contribution in [2.24, 2.45) is 23.7 Å². The van der Waals surface area contributed by atoms with Crippen molar-refractivity contribution in [3.63, 3.8) is 0 Å². The Hall–Kier alpha value is -3.16.